The molecule has 5 N–H and O–H groups in total. The Morgan fingerprint density at radius 2 is 2.09 bits per heavy atom. The van der Waals surface area contributed by atoms with Gasteiger partial charge < -0.3 is 11.5 Å². The molecule has 7 nitrogen and oxygen atoms in total. The molecule has 0 radical (unpaired) electrons. The zero-order valence-corrected chi connectivity index (χ0v) is 18.4. The van der Waals surface area contributed by atoms with Crippen LogP contribution >= 0.6 is 11.3 Å². The van der Waals surface area contributed by atoms with Gasteiger partial charge in [-0.3, -0.25) is 19.4 Å². The second kappa shape index (κ2) is 6.93. The molecular weight excluding hydrogens is 420 g/mol. The molecule has 0 unspecified atom stereocenters. The molecule has 0 saturated heterocycles. The van der Waals surface area contributed by atoms with Gasteiger partial charge in [0.25, 0.3) is 5.91 Å². The van der Waals surface area contributed by atoms with E-state index in [1.54, 1.807) is 23.7 Å². The Hall–Kier alpha value is -3.65. The van der Waals surface area contributed by atoms with E-state index in [0.717, 1.165) is 58.2 Å². The van der Waals surface area contributed by atoms with E-state index in [2.05, 4.69) is 27.0 Å². The Kier molecular flexibility index (Phi) is 4.13. The third-order valence-electron chi connectivity index (χ3n) is 6.37. The zero-order chi connectivity index (χ0) is 22.0. The van der Waals surface area contributed by atoms with Gasteiger partial charge in [-0.1, -0.05) is 6.07 Å². The predicted octanol–water partition coefficient (Wildman–Crippen LogP) is 4.42. The Morgan fingerprint density at radius 1 is 1.25 bits per heavy atom. The molecule has 0 bridgehead atoms. The number of hydrogen-bond acceptors (Lipinski definition) is 5. The summed E-state index contributed by atoms with van der Waals surface area (Å²) in [5, 5.41) is 13.2. The summed E-state index contributed by atoms with van der Waals surface area (Å²) in [4.78, 5) is 17.3. The van der Waals surface area contributed by atoms with Crippen molar-refractivity contribution >= 4 is 44.9 Å². The first kappa shape index (κ1) is 19.1. The molecule has 1 aliphatic rings. The number of benzene rings is 1. The molecule has 1 aliphatic carbocycles. The maximum absolute atomic E-state index is 12.5. The summed E-state index contributed by atoms with van der Waals surface area (Å²) >= 11 is 1.68. The SMILES string of the molecule is Cc1ccc2[nH]ncc2c1-n1c(N)c(C(N)=O)c2cnc(C3CC3)c(Cc3ccsc3)c21. The van der Waals surface area contributed by atoms with Crippen LogP contribution < -0.4 is 11.5 Å². The number of nitrogens with two attached hydrogens (primary N) is 2. The first-order valence-corrected chi connectivity index (χ1v) is 11.5. The Morgan fingerprint density at radius 3 is 2.81 bits per heavy atom. The van der Waals surface area contributed by atoms with E-state index < -0.39 is 5.91 Å². The van der Waals surface area contributed by atoms with Crippen LogP contribution in [0.2, 0.25) is 0 Å². The number of H-pyrrole nitrogens is 1. The number of carbonyl (C=O) groups is 1. The number of hydrogen-bond donors (Lipinski definition) is 3. The Balaban J connectivity index is 1.77. The fourth-order valence-electron chi connectivity index (χ4n) is 4.75. The number of pyridine rings is 1. The molecule has 0 aliphatic heterocycles. The van der Waals surface area contributed by atoms with E-state index in [1.807, 2.05) is 23.6 Å². The van der Waals surface area contributed by atoms with Gasteiger partial charge in [0.1, 0.15) is 5.82 Å². The van der Waals surface area contributed by atoms with Crippen LogP contribution in [-0.4, -0.2) is 25.7 Å². The summed E-state index contributed by atoms with van der Waals surface area (Å²) in [6.45, 7) is 2.04. The zero-order valence-electron chi connectivity index (χ0n) is 17.6. The van der Waals surface area contributed by atoms with Gasteiger partial charge in [0.05, 0.1) is 28.5 Å². The quantitative estimate of drug-likeness (QED) is 0.374. The fraction of sp³-hybridized carbons (Fsp3) is 0.208. The number of fused-ring (bicyclic) bond motifs is 2. The van der Waals surface area contributed by atoms with Crippen molar-refractivity contribution in [1.82, 2.24) is 19.7 Å². The van der Waals surface area contributed by atoms with Gasteiger partial charge in [0.15, 0.2) is 0 Å². The van der Waals surface area contributed by atoms with Crippen molar-refractivity contribution in [2.75, 3.05) is 5.73 Å². The number of aryl methyl sites for hydroxylation is 1. The fourth-order valence-corrected chi connectivity index (χ4v) is 5.41. The van der Waals surface area contributed by atoms with E-state index in [9.17, 15) is 4.79 Å². The second-order valence-corrected chi connectivity index (χ2v) is 9.27. The predicted molar refractivity (Wildman–Crippen MR) is 127 cm³/mol. The number of thiophene rings is 1. The number of amides is 1. The largest absolute Gasteiger partial charge is 0.384 e. The number of aromatic nitrogens is 4. The lowest BCUT2D eigenvalue weighted by Gasteiger charge is -2.17. The number of nitrogen functional groups attached to an aromatic ring is 1. The average molecular weight is 443 g/mol. The number of carbonyl (C=O) groups excluding carboxylic acids is 1. The minimum atomic E-state index is -0.550. The van der Waals surface area contributed by atoms with Gasteiger partial charge in [-0.25, -0.2) is 0 Å². The summed E-state index contributed by atoms with van der Waals surface area (Å²) in [5.74, 6) is 0.233. The van der Waals surface area contributed by atoms with Gasteiger partial charge in [-0.05, 0) is 53.8 Å². The Bertz CT molecular complexity index is 1510. The highest BCUT2D eigenvalue weighted by Crippen LogP contribution is 2.45. The van der Waals surface area contributed by atoms with Crippen LogP contribution in [0.15, 0.2) is 41.4 Å². The van der Waals surface area contributed by atoms with Crippen LogP contribution in [0.25, 0.3) is 27.5 Å². The normalized spacial score (nSPS) is 13.9. The van der Waals surface area contributed by atoms with Gasteiger partial charge >= 0.3 is 0 Å². The van der Waals surface area contributed by atoms with Crippen LogP contribution in [0.3, 0.4) is 0 Å². The first-order chi connectivity index (χ1) is 15.5. The van der Waals surface area contributed by atoms with Crippen molar-refractivity contribution in [3.05, 3.63) is 69.3 Å². The average Bonchev–Trinajstić information content (AvgIpc) is 3.16. The van der Waals surface area contributed by atoms with Crippen LogP contribution in [0.1, 0.15) is 51.5 Å². The van der Waals surface area contributed by atoms with Crippen LogP contribution in [-0.2, 0) is 6.42 Å². The molecule has 4 aromatic heterocycles. The lowest BCUT2D eigenvalue weighted by atomic mass is 9.99. The maximum Gasteiger partial charge on any atom is 0.253 e. The molecule has 1 amide bonds. The van der Waals surface area contributed by atoms with Gasteiger partial charge in [-0.15, -0.1) is 0 Å². The highest BCUT2D eigenvalue weighted by Gasteiger charge is 2.32. The molecular formula is C24H22N6OS. The van der Waals surface area contributed by atoms with Gasteiger partial charge in [0.2, 0.25) is 0 Å². The number of primary amides is 1. The third-order valence-corrected chi connectivity index (χ3v) is 7.10. The van der Waals surface area contributed by atoms with Crippen LogP contribution in [0.4, 0.5) is 5.82 Å². The van der Waals surface area contributed by atoms with Crippen molar-refractivity contribution in [1.29, 1.82) is 0 Å². The van der Waals surface area contributed by atoms with Crippen molar-refractivity contribution in [3.8, 4) is 5.69 Å². The number of anilines is 1. The minimum absolute atomic E-state index is 0.321. The minimum Gasteiger partial charge on any atom is -0.384 e. The molecule has 4 heterocycles. The summed E-state index contributed by atoms with van der Waals surface area (Å²) in [6.07, 6.45) is 6.56. The monoisotopic (exact) mass is 442 g/mol. The molecule has 0 atom stereocenters. The summed E-state index contributed by atoms with van der Waals surface area (Å²) < 4.78 is 2.00. The molecule has 0 spiro atoms. The summed E-state index contributed by atoms with van der Waals surface area (Å²) in [7, 11) is 0. The van der Waals surface area contributed by atoms with Gasteiger partial charge in [0, 0.05) is 40.6 Å². The highest BCUT2D eigenvalue weighted by molar-refractivity contribution is 7.07. The molecule has 8 heteroatoms. The number of aromatic amines is 1. The van der Waals surface area contributed by atoms with Gasteiger partial charge in [-0.2, -0.15) is 16.4 Å². The van der Waals surface area contributed by atoms with Crippen molar-refractivity contribution in [2.24, 2.45) is 5.73 Å². The van der Waals surface area contributed by atoms with Crippen molar-refractivity contribution in [2.45, 2.75) is 32.1 Å². The van der Waals surface area contributed by atoms with E-state index in [4.69, 9.17) is 16.5 Å². The molecule has 1 aromatic carbocycles. The lowest BCUT2D eigenvalue weighted by molar-refractivity contribution is 0.100. The molecule has 160 valence electrons. The second-order valence-electron chi connectivity index (χ2n) is 8.49. The van der Waals surface area contributed by atoms with Crippen LogP contribution in [0, 0.1) is 6.92 Å². The molecule has 1 saturated carbocycles. The standard InChI is InChI=1S/C24H22N6OS/c1-12-2-5-18-16(10-28-29-18)21(12)30-22-15(8-13-6-7-32-11-13)20(14-3-4-14)27-9-17(22)19(23(30)25)24(26)31/h2,5-7,9-11,14H,3-4,8,25H2,1H3,(H2,26,31)(H,28,29). The smallest absolute Gasteiger partial charge is 0.253 e. The number of nitrogens with one attached hydrogen (secondary N) is 1. The maximum atomic E-state index is 12.5. The molecule has 5 aromatic rings. The molecule has 6 rings (SSSR count). The van der Waals surface area contributed by atoms with Crippen molar-refractivity contribution < 1.29 is 4.79 Å². The van der Waals surface area contributed by atoms with Crippen molar-refractivity contribution in [3.63, 3.8) is 0 Å². The van der Waals surface area contributed by atoms with E-state index in [1.165, 1.54) is 5.56 Å². The van der Waals surface area contributed by atoms with E-state index in [-0.39, 0.29) is 0 Å². The number of nitrogens with zero attached hydrogens (tertiary/aromatic N) is 3. The Labute approximate surface area is 188 Å². The lowest BCUT2D eigenvalue weighted by Crippen LogP contribution is -2.14. The van der Waals surface area contributed by atoms with E-state index in [0.29, 0.717) is 22.7 Å². The topological polar surface area (TPSA) is 116 Å². The summed E-state index contributed by atoms with van der Waals surface area (Å²) in [5.41, 5.74) is 20.0. The summed E-state index contributed by atoms with van der Waals surface area (Å²) in [6, 6.07) is 6.17. The number of rotatable bonds is 5. The van der Waals surface area contributed by atoms with Crippen LogP contribution in [0.5, 0.6) is 0 Å². The highest BCUT2D eigenvalue weighted by atomic mass is 32.1. The molecule has 1 fully saturated rings. The molecule has 32 heavy (non-hydrogen) atoms. The third kappa shape index (κ3) is 2.76. The van der Waals surface area contributed by atoms with E-state index >= 15 is 0 Å². The first-order valence-electron chi connectivity index (χ1n) is 10.6.